The summed E-state index contributed by atoms with van der Waals surface area (Å²) in [5.74, 6) is 0.0232. The normalized spacial score (nSPS) is 11.6. The van der Waals surface area contributed by atoms with Crippen LogP contribution in [0.25, 0.3) is 0 Å². The molecule has 2 heteroatoms. The molecule has 0 amide bonds. The van der Waals surface area contributed by atoms with E-state index in [1.54, 1.807) is 0 Å². The molecule has 48 heavy (non-hydrogen) atoms. The molecule has 234 valence electrons. The van der Waals surface area contributed by atoms with E-state index in [1.165, 1.54) is 33.4 Å². The predicted octanol–water partition coefficient (Wildman–Crippen LogP) is 12.7. The molecule has 7 aromatic carbocycles. The molecule has 0 N–H and O–H groups in total. The van der Waals surface area contributed by atoms with Gasteiger partial charge in [-0.3, -0.25) is 0 Å². The van der Waals surface area contributed by atoms with Gasteiger partial charge in [0.1, 0.15) is 0 Å². The predicted molar refractivity (Wildman–Crippen MR) is 204 cm³/mol. The zero-order chi connectivity index (χ0) is 32.9. The summed E-state index contributed by atoms with van der Waals surface area (Å²) < 4.78 is 0. The molecule has 0 saturated heterocycles. The van der Waals surface area contributed by atoms with E-state index in [9.17, 15) is 0 Å². The summed E-state index contributed by atoms with van der Waals surface area (Å²) in [7, 11) is 0. The van der Waals surface area contributed by atoms with Gasteiger partial charge in [-0.05, 0) is 115 Å². The van der Waals surface area contributed by atoms with Crippen LogP contribution in [0.4, 0.5) is 34.1 Å². The van der Waals surface area contributed by atoms with Crippen LogP contribution in [-0.4, -0.2) is 0 Å². The van der Waals surface area contributed by atoms with Crippen molar-refractivity contribution in [2.45, 2.75) is 26.7 Å². The summed E-state index contributed by atoms with van der Waals surface area (Å²) in [6.45, 7) is 6.50. The third-order valence-corrected chi connectivity index (χ3v) is 8.83. The summed E-state index contributed by atoms with van der Waals surface area (Å²) in [6, 6.07) is 65.9. The number of hydrogen-bond donors (Lipinski definition) is 0. The minimum atomic E-state index is 0.0232. The van der Waals surface area contributed by atoms with Gasteiger partial charge in [-0.15, -0.1) is 0 Å². The van der Waals surface area contributed by atoms with Crippen LogP contribution in [-0.2, 0) is 0 Å². The fourth-order valence-corrected chi connectivity index (χ4v) is 6.70. The number of para-hydroxylation sites is 2. The van der Waals surface area contributed by atoms with Gasteiger partial charge in [-0.1, -0.05) is 121 Å². The Morgan fingerprint density at radius 2 is 0.688 bits per heavy atom. The summed E-state index contributed by atoms with van der Waals surface area (Å²) in [4.78, 5) is 4.77. The van der Waals surface area contributed by atoms with E-state index in [4.69, 9.17) is 0 Å². The largest absolute Gasteiger partial charge is 0.310 e. The van der Waals surface area contributed by atoms with Gasteiger partial charge in [-0.2, -0.15) is 0 Å². The van der Waals surface area contributed by atoms with Gasteiger partial charge in [0.15, 0.2) is 0 Å². The smallest absolute Gasteiger partial charge is 0.0485 e. The standard InChI is InChI=1S/C46H40N2/c1-34-16-13-21-38(28-34)46(37-19-7-4-8-20-37)39-31-44(47(40-22-9-5-10-23-40)42-26-14-17-35(2)29-42)33-45(32-39)48(41-24-11-6-12-25-41)43-27-15-18-36(3)30-43/h4-33,46H,1-3H3. The van der Waals surface area contributed by atoms with E-state index in [-0.39, 0.29) is 5.92 Å². The van der Waals surface area contributed by atoms with Crippen molar-refractivity contribution in [3.05, 3.63) is 215 Å². The lowest BCUT2D eigenvalue weighted by atomic mass is 9.84. The first kappa shape index (κ1) is 30.8. The average Bonchev–Trinajstić information content (AvgIpc) is 3.10. The Morgan fingerprint density at radius 1 is 0.292 bits per heavy atom. The van der Waals surface area contributed by atoms with E-state index in [0.29, 0.717) is 0 Å². The van der Waals surface area contributed by atoms with Crippen molar-refractivity contribution >= 4 is 34.1 Å². The van der Waals surface area contributed by atoms with Crippen LogP contribution in [0.5, 0.6) is 0 Å². The van der Waals surface area contributed by atoms with Crippen molar-refractivity contribution in [3.8, 4) is 0 Å². The number of nitrogens with zero attached hydrogens (tertiary/aromatic N) is 2. The van der Waals surface area contributed by atoms with Crippen molar-refractivity contribution < 1.29 is 0 Å². The molecule has 0 spiro atoms. The van der Waals surface area contributed by atoms with E-state index in [2.05, 4.69) is 213 Å². The van der Waals surface area contributed by atoms with Crippen LogP contribution in [0, 0.1) is 20.8 Å². The lowest BCUT2D eigenvalue weighted by Gasteiger charge is -2.32. The summed E-state index contributed by atoms with van der Waals surface area (Å²) in [5.41, 5.74) is 14.1. The van der Waals surface area contributed by atoms with Gasteiger partial charge in [0, 0.05) is 40.0 Å². The minimum absolute atomic E-state index is 0.0232. The van der Waals surface area contributed by atoms with Gasteiger partial charge in [0.2, 0.25) is 0 Å². The Morgan fingerprint density at radius 3 is 1.15 bits per heavy atom. The Hall–Kier alpha value is -5.86. The summed E-state index contributed by atoms with van der Waals surface area (Å²) in [6.07, 6.45) is 0. The van der Waals surface area contributed by atoms with Crippen LogP contribution < -0.4 is 9.80 Å². The second-order valence-corrected chi connectivity index (χ2v) is 12.6. The molecule has 1 atom stereocenters. The molecule has 0 aliphatic carbocycles. The second-order valence-electron chi connectivity index (χ2n) is 12.6. The number of anilines is 6. The maximum Gasteiger partial charge on any atom is 0.0485 e. The SMILES string of the molecule is Cc1cccc(C(c2ccccc2)c2cc(N(c3ccccc3)c3cccc(C)c3)cc(N(c3ccccc3)c3cccc(C)c3)c2)c1. The monoisotopic (exact) mass is 620 g/mol. The zero-order valence-electron chi connectivity index (χ0n) is 27.8. The zero-order valence-corrected chi connectivity index (χ0v) is 27.8. The lowest BCUT2D eigenvalue weighted by molar-refractivity contribution is 0.972. The molecule has 2 nitrogen and oxygen atoms in total. The highest BCUT2D eigenvalue weighted by Crippen LogP contribution is 2.44. The van der Waals surface area contributed by atoms with Gasteiger partial charge < -0.3 is 9.80 Å². The molecular formula is C46H40N2. The van der Waals surface area contributed by atoms with Crippen molar-refractivity contribution in [1.82, 2.24) is 0 Å². The molecule has 0 fully saturated rings. The number of rotatable bonds is 9. The van der Waals surface area contributed by atoms with Crippen molar-refractivity contribution in [2.75, 3.05) is 9.80 Å². The highest BCUT2D eigenvalue weighted by molar-refractivity contribution is 5.84. The fraction of sp³-hybridized carbons (Fsp3) is 0.0870. The Kier molecular flexibility index (Phi) is 8.89. The van der Waals surface area contributed by atoms with Gasteiger partial charge >= 0.3 is 0 Å². The van der Waals surface area contributed by atoms with E-state index in [1.807, 2.05) is 0 Å². The van der Waals surface area contributed by atoms with Gasteiger partial charge in [0.05, 0.1) is 0 Å². The first-order valence-electron chi connectivity index (χ1n) is 16.6. The highest BCUT2D eigenvalue weighted by atomic mass is 15.2. The van der Waals surface area contributed by atoms with Gasteiger partial charge in [-0.25, -0.2) is 0 Å². The average molecular weight is 621 g/mol. The first-order chi connectivity index (χ1) is 23.5. The topological polar surface area (TPSA) is 6.48 Å². The van der Waals surface area contributed by atoms with E-state index in [0.717, 1.165) is 34.1 Å². The molecule has 0 aliphatic heterocycles. The maximum absolute atomic E-state index is 2.39. The first-order valence-corrected chi connectivity index (χ1v) is 16.6. The molecule has 0 saturated carbocycles. The number of hydrogen-bond acceptors (Lipinski definition) is 2. The quantitative estimate of drug-likeness (QED) is 0.148. The van der Waals surface area contributed by atoms with Crippen molar-refractivity contribution in [2.24, 2.45) is 0 Å². The molecule has 0 bridgehead atoms. The van der Waals surface area contributed by atoms with E-state index >= 15 is 0 Å². The minimum Gasteiger partial charge on any atom is -0.310 e. The Labute approximate surface area is 285 Å². The highest BCUT2D eigenvalue weighted by Gasteiger charge is 2.24. The molecule has 0 aromatic heterocycles. The van der Waals surface area contributed by atoms with Crippen LogP contribution in [0.3, 0.4) is 0 Å². The van der Waals surface area contributed by atoms with Crippen molar-refractivity contribution in [3.63, 3.8) is 0 Å². The van der Waals surface area contributed by atoms with Crippen LogP contribution in [0.2, 0.25) is 0 Å². The molecular weight excluding hydrogens is 581 g/mol. The number of benzene rings is 7. The Bertz CT molecular complexity index is 1860. The Balaban J connectivity index is 1.55. The fourth-order valence-electron chi connectivity index (χ4n) is 6.70. The van der Waals surface area contributed by atoms with Crippen LogP contribution >= 0.6 is 0 Å². The molecule has 0 heterocycles. The maximum atomic E-state index is 2.39. The third kappa shape index (κ3) is 6.65. The van der Waals surface area contributed by atoms with Crippen LogP contribution in [0.15, 0.2) is 182 Å². The molecule has 1 unspecified atom stereocenters. The van der Waals surface area contributed by atoms with Crippen LogP contribution in [0.1, 0.15) is 39.3 Å². The van der Waals surface area contributed by atoms with Gasteiger partial charge in [0.25, 0.3) is 0 Å². The lowest BCUT2D eigenvalue weighted by Crippen LogP contribution is -2.15. The molecule has 7 aromatic rings. The molecule has 7 rings (SSSR count). The van der Waals surface area contributed by atoms with Crippen molar-refractivity contribution in [1.29, 1.82) is 0 Å². The van der Waals surface area contributed by atoms with E-state index < -0.39 is 0 Å². The molecule has 0 radical (unpaired) electrons. The molecule has 0 aliphatic rings. The third-order valence-electron chi connectivity index (χ3n) is 8.83. The summed E-state index contributed by atoms with van der Waals surface area (Å²) in [5, 5.41) is 0. The summed E-state index contributed by atoms with van der Waals surface area (Å²) >= 11 is 0. The number of aryl methyl sites for hydroxylation is 3. The second kappa shape index (κ2) is 13.9.